The molecular formula is C21H35IN4O2. The lowest BCUT2D eigenvalue weighted by Gasteiger charge is -2.31. The Balaban J connectivity index is 0.00000392. The van der Waals surface area contributed by atoms with Crippen molar-refractivity contribution in [1.29, 1.82) is 0 Å². The van der Waals surface area contributed by atoms with E-state index in [0.29, 0.717) is 19.0 Å². The van der Waals surface area contributed by atoms with Crippen molar-refractivity contribution >= 4 is 35.8 Å². The zero-order valence-corrected chi connectivity index (χ0v) is 19.9. The number of carbonyl (C=O) groups is 1. The van der Waals surface area contributed by atoms with Gasteiger partial charge in [-0.2, -0.15) is 0 Å². The van der Waals surface area contributed by atoms with Gasteiger partial charge in [-0.3, -0.25) is 9.79 Å². The second-order valence-corrected chi connectivity index (χ2v) is 7.46. The molecule has 7 heteroatoms. The van der Waals surface area contributed by atoms with Crippen LogP contribution in [0.1, 0.15) is 44.6 Å². The Morgan fingerprint density at radius 2 is 1.96 bits per heavy atom. The minimum Gasteiger partial charge on any atom is -0.494 e. The van der Waals surface area contributed by atoms with Crippen molar-refractivity contribution in [3.8, 4) is 5.75 Å². The molecule has 0 aliphatic heterocycles. The molecule has 2 rings (SSSR count). The van der Waals surface area contributed by atoms with Crippen molar-refractivity contribution < 1.29 is 9.53 Å². The number of carbonyl (C=O) groups excluding carboxylic acids is 1. The summed E-state index contributed by atoms with van der Waals surface area (Å²) >= 11 is 0. The van der Waals surface area contributed by atoms with Gasteiger partial charge in [-0.25, -0.2) is 0 Å². The second-order valence-electron chi connectivity index (χ2n) is 7.46. The lowest BCUT2D eigenvalue weighted by Crippen LogP contribution is -2.49. The molecule has 1 aliphatic carbocycles. The Kier molecular flexibility index (Phi) is 10.6. The van der Waals surface area contributed by atoms with Crippen LogP contribution in [0.25, 0.3) is 0 Å². The van der Waals surface area contributed by atoms with Gasteiger partial charge in [0.1, 0.15) is 5.75 Å². The molecule has 0 radical (unpaired) electrons. The number of ether oxygens (including phenoxy) is 1. The number of guanidine groups is 1. The lowest BCUT2D eigenvalue weighted by molar-refractivity contribution is -0.138. The average molecular weight is 502 g/mol. The molecular weight excluding hydrogens is 467 g/mol. The van der Waals surface area contributed by atoms with Gasteiger partial charge in [0, 0.05) is 34.2 Å². The smallest absolute Gasteiger partial charge is 0.230 e. The molecule has 1 aliphatic rings. The number of hydrogen-bond donors (Lipinski definition) is 2. The van der Waals surface area contributed by atoms with Crippen LogP contribution in [0.2, 0.25) is 0 Å². The zero-order chi connectivity index (χ0) is 19.7. The Hall–Kier alpha value is -1.51. The normalized spacial score (nSPS) is 15.5. The van der Waals surface area contributed by atoms with Gasteiger partial charge in [0.15, 0.2) is 5.96 Å². The van der Waals surface area contributed by atoms with Crippen molar-refractivity contribution in [2.24, 2.45) is 10.4 Å². The topological polar surface area (TPSA) is 66.0 Å². The first-order valence-corrected chi connectivity index (χ1v) is 9.89. The summed E-state index contributed by atoms with van der Waals surface area (Å²) in [6.07, 6.45) is 5.08. The molecule has 0 heterocycles. The third-order valence-electron chi connectivity index (χ3n) is 5.07. The Morgan fingerprint density at radius 3 is 2.57 bits per heavy atom. The number of hydrogen-bond acceptors (Lipinski definition) is 3. The highest BCUT2D eigenvalue weighted by molar-refractivity contribution is 14.0. The molecule has 1 aromatic carbocycles. The van der Waals surface area contributed by atoms with E-state index in [1.54, 1.807) is 11.9 Å². The van der Waals surface area contributed by atoms with E-state index in [1.165, 1.54) is 0 Å². The van der Waals surface area contributed by atoms with Gasteiger partial charge in [0.05, 0.1) is 12.0 Å². The van der Waals surface area contributed by atoms with Gasteiger partial charge in [0.2, 0.25) is 5.91 Å². The van der Waals surface area contributed by atoms with E-state index in [4.69, 9.17) is 4.74 Å². The summed E-state index contributed by atoms with van der Waals surface area (Å²) in [5.74, 6) is 1.82. The highest BCUT2D eigenvalue weighted by Crippen LogP contribution is 2.38. The van der Waals surface area contributed by atoms with Gasteiger partial charge in [-0.1, -0.05) is 31.9 Å². The van der Waals surface area contributed by atoms with Crippen LogP contribution < -0.4 is 15.4 Å². The zero-order valence-electron chi connectivity index (χ0n) is 17.6. The first-order chi connectivity index (χ1) is 13.0. The maximum Gasteiger partial charge on any atom is 0.230 e. The predicted octanol–water partition coefficient (Wildman–Crippen LogP) is 3.41. The van der Waals surface area contributed by atoms with Crippen LogP contribution in [0.15, 0.2) is 29.3 Å². The monoisotopic (exact) mass is 502 g/mol. The average Bonchev–Trinajstić information content (AvgIpc) is 3.16. The van der Waals surface area contributed by atoms with Gasteiger partial charge in [0.25, 0.3) is 0 Å². The molecule has 6 nitrogen and oxygen atoms in total. The first kappa shape index (κ1) is 24.5. The number of amides is 1. The van der Waals surface area contributed by atoms with Crippen LogP contribution in [0, 0.1) is 5.41 Å². The maximum atomic E-state index is 12.7. The molecule has 0 spiro atoms. The van der Waals surface area contributed by atoms with Crippen molar-refractivity contribution in [1.82, 2.24) is 15.5 Å². The second kappa shape index (κ2) is 12.1. The number of nitrogens with zero attached hydrogens (tertiary/aromatic N) is 2. The van der Waals surface area contributed by atoms with E-state index in [-0.39, 0.29) is 35.3 Å². The van der Waals surface area contributed by atoms with E-state index in [0.717, 1.165) is 50.0 Å². The maximum absolute atomic E-state index is 12.7. The molecule has 1 fully saturated rings. The van der Waals surface area contributed by atoms with Crippen LogP contribution in [0.4, 0.5) is 0 Å². The molecule has 1 saturated carbocycles. The van der Waals surface area contributed by atoms with Crippen LogP contribution in [-0.4, -0.2) is 51.1 Å². The predicted molar refractivity (Wildman–Crippen MR) is 125 cm³/mol. The summed E-state index contributed by atoms with van der Waals surface area (Å²) in [5.41, 5.74) is 0.821. The van der Waals surface area contributed by atoms with Crippen LogP contribution in [0.3, 0.4) is 0 Å². The number of rotatable bonds is 8. The number of aliphatic imine (C=N–C) groups is 1. The first-order valence-electron chi connectivity index (χ1n) is 9.89. The largest absolute Gasteiger partial charge is 0.494 e. The van der Waals surface area contributed by atoms with Crippen LogP contribution >= 0.6 is 24.0 Å². The molecule has 2 N–H and O–H groups in total. The van der Waals surface area contributed by atoms with Gasteiger partial charge in [-0.05, 0) is 37.0 Å². The molecule has 158 valence electrons. The van der Waals surface area contributed by atoms with Crippen LogP contribution in [-0.2, 0) is 11.3 Å². The van der Waals surface area contributed by atoms with E-state index >= 15 is 0 Å². The summed E-state index contributed by atoms with van der Waals surface area (Å²) < 4.78 is 5.69. The fourth-order valence-electron chi connectivity index (χ4n) is 3.62. The molecule has 28 heavy (non-hydrogen) atoms. The molecule has 0 aromatic heterocycles. The molecule has 0 bridgehead atoms. The van der Waals surface area contributed by atoms with E-state index in [9.17, 15) is 4.79 Å². The van der Waals surface area contributed by atoms with Crippen molar-refractivity contribution in [2.75, 3.05) is 34.3 Å². The third kappa shape index (κ3) is 6.83. The minimum absolute atomic E-state index is 0. The van der Waals surface area contributed by atoms with Gasteiger partial charge < -0.3 is 20.3 Å². The lowest BCUT2D eigenvalue weighted by atomic mass is 9.84. The molecule has 0 atom stereocenters. The quantitative estimate of drug-likeness (QED) is 0.325. The molecule has 1 amide bonds. The van der Waals surface area contributed by atoms with Gasteiger partial charge >= 0.3 is 0 Å². The van der Waals surface area contributed by atoms with E-state index in [1.807, 2.05) is 32.3 Å². The summed E-state index contributed by atoms with van der Waals surface area (Å²) in [6, 6.07) is 8.08. The fourth-order valence-corrected chi connectivity index (χ4v) is 3.62. The van der Waals surface area contributed by atoms with Crippen LogP contribution in [0.5, 0.6) is 5.75 Å². The summed E-state index contributed by atoms with van der Waals surface area (Å²) in [4.78, 5) is 18.7. The Morgan fingerprint density at radius 1 is 1.25 bits per heavy atom. The number of nitrogens with one attached hydrogen (secondary N) is 2. The SMILES string of the molecule is CCCOc1cccc(CNC(=NC)NCC2(C(=O)N(C)C)CCCC2)c1.I. The Bertz CT molecular complexity index is 643. The molecule has 1 aromatic rings. The van der Waals surface area contributed by atoms with E-state index < -0.39 is 0 Å². The van der Waals surface area contributed by atoms with E-state index in [2.05, 4.69) is 28.6 Å². The molecule has 0 unspecified atom stereocenters. The van der Waals surface area contributed by atoms with Crippen molar-refractivity contribution in [3.05, 3.63) is 29.8 Å². The molecule has 0 saturated heterocycles. The van der Waals surface area contributed by atoms with Gasteiger partial charge in [-0.15, -0.1) is 24.0 Å². The standard InChI is InChI=1S/C21H34N4O2.HI/c1-5-13-27-18-10-8-9-17(14-18)15-23-20(22-2)24-16-21(11-6-7-12-21)19(26)25(3)4;/h8-10,14H,5-7,11-13,15-16H2,1-4H3,(H2,22,23,24);1H. The number of halogens is 1. The summed E-state index contributed by atoms with van der Waals surface area (Å²) in [6.45, 7) is 4.09. The third-order valence-corrected chi connectivity index (χ3v) is 5.07. The minimum atomic E-state index is -0.310. The van der Waals surface area contributed by atoms with Crippen molar-refractivity contribution in [2.45, 2.75) is 45.6 Å². The fraction of sp³-hybridized carbons (Fsp3) is 0.619. The highest BCUT2D eigenvalue weighted by Gasteiger charge is 2.42. The number of benzene rings is 1. The highest BCUT2D eigenvalue weighted by atomic mass is 127. The summed E-state index contributed by atoms with van der Waals surface area (Å²) in [5, 5.41) is 6.70. The van der Waals surface area contributed by atoms with Crippen molar-refractivity contribution in [3.63, 3.8) is 0 Å². The Labute approximate surface area is 186 Å². The summed E-state index contributed by atoms with van der Waals surface area (Å²) in [7, 11) is 5.43.